The number of hydroxylamine groups is 2. The molecule has 0 aromatic carbocycles. The van der Waals surface area contributed by atoms with Crippen LogP contribution in [-0.2, 0) is 9.63 Å². The minimum atomic E-state index is 0. The SMILES string of the molecule is C.C.CCCCC/C=C\C/C=C\CCCCCCCCCC(=O)N(C)OC.CCCCC/C=C\C/C=C\CCCCCCCCCC(CCCCCCCCC)N(C)C. The molecule has 0 N–H and O–H groups in total. The van der Waals surface area contributed by atoms with E-state index in [-0.39, 0.29) is 20.8 Å². The quantitative estimate of drug-likeness (QED) is 0.0349. The van der Waals surface area contributed by atoms with Gasteiger partial charge in [-0.15, -0.1) is 0 Å². The van der Waals surface area contributed by atoms with Gasteiger partial charge in [0.1, 0.15) is 0 Å². The Bertz CT molecular complexity index is 892. The fraction of sp³-hybridized carbons (Fsp3) is 0.836. The third kappa shape index (κ3) is 54.3. The summed E-state index contributed by atoms with van der Waals surface area (Å²) in [7, 11) is 7.76. The molecule has 352 valence electrons. The molecule has 0 radical (unpaired) electrons. The Labute approximate surface area is 373 Å². The number of nitrogens with zero attached hydrogens (tertiary/aromatic N) is 2. The molecule has 0 aliphatic heterocycles. The van der Waals surface area contributed by atoms with Gasteiger partial charge in [0.05, 0.1) is 7.11 Å². The molecule has 1 atom stereocenters. The highest BCUT2D eigenvalue weighted by atomic mass is 16.7. The fourth-order valence-corrected chi connectivity index (χ4v) is 7.24. The Morgan fingerprint density at radius 2 is 0.712 bits per heavy atom. The highest BCUT2D eigenvalue weighted by molar-refractivity contribution is 5.74. The number of carbonyl (C=O) groups excluding carboxylic acids is 1. The summed E-state index contributed by atoms with van der Waals surface area (Å²) in [6.45, 7) is 6.82. The van der Waals surface area contributed by atoms with Crippen LogP contribution < -0.4 is 0 Å². The monoisotopic (exact) mass is 831 g/mol. The first-order chi connectivity index (χ1) is 27.9. The molecule has 0 bridgehead atoms. The Hall–Kier alpha value is -1.65. The van der Waals surface area contributed by atoms with Crippen LogP contribution in [0.25, 0.3) is 0 Å². The zero-order valence-corrected chi connectivity index (χ0v) is 39.9. The normalized spacial score (nSPS) is 12.1. The fourth-order valence-electron chi connectivity index (χ4n) is 7.24. The molecular weight excluding hydrogens is 721 g/mol. The van der Waals surface area contributed by atoms with Crippen LogP contribution in [-0.4, -0.2) is 50.2 Å². The molecule has 4 heteroatoms. The van der Waals surface area contributed by atoms with E-state index in [1.807, 2.05) is 0 Å². The molecule has 0 aromatic rings. The van der Waals surface area contributed by atoms with Crippen LogP contribution in [0.2, 0.25) is 0 Å². The summed E-state index contributed by atoms with van der Waals surface area (Å²) in [6, 6.07) is 0.809. The number of carbonyl (C=O) groups is 1. The zero-order chi connectivity index (χ0) is 42.1. The van der Waals surface area contributed by atoms with Gasteiger partial charge in [0.2, 0.25) is 5.91 Å². The topological polar surface area (TPSA) is 32.8 Å². The van der Waals surface area contributed by atoms with Crippen molar-refractivity contribution in [3.8, 4) is 0 Å². The van der Waals surface area contributed by atoms with Gasteiger partial charge in [-0.2, -0.15) is 0 Å². The van der Waals surface area contributed by atoms with Gasteiger partial charge in [-0.05, 0) is 97.6 Å². The van der Waals surface area contributed by atoms with Crippen LogP contribution in [0, 0.1) is 0 Å². The largest absolute Gasteiger partial charge is 0.306 e. The average molecular weight is 831 g/mol. The summed E-state index contributed by atoms with van der Waals surface area (Å²) in [6.07, 6.45) is 65.8. The number of allylic oxidation sites excluding steroid dienone is 8. The van der Waals surface area contributed by atoms with Crippen molar-refractivity contribution in [2.75, 3.05) is 28.3 Å². The number of unbranched alkanes of at least 4 members (excludes halogenated alkanes) is 26. The first-order valence-corrected chi connectivity index (χ1v) is 25.0. The van der Waals surface area contributed by atoms with Crippen LogP contribution in [0.3, 0.4) is 0 Å². The lowest BCUT2D eigenvalue weighted by atomic mass is 9.99. The Morgan fingerprint density at radius 3 is 1.05 bits per heavy atom. The number of hydrogen-bond acceptors (Lipinski definition) is 3. The molecule has 0 aromatic heterocycles. The van der Waals surface area contributed by atoms with Gasteiger partial charge in [0.15, 0.2) is 0 Å². The zero-order valence-electron chi connectivity index (χ0n) is 39.9. The maximum absolute atomic E-state index is 11.5. The summed E-state index contributed by atoms with van der Waals surface area (Å²) in [5, 5.41) is 1.32. The van der Waals surface area contributed by atoms with Crippen LogP contribution in [0.5, 0.6) is 0 Å². The summed E-state index contributed by atoms with van der Waals surface area (Å²) >= 11 is 0. The van der Waals surface area contributed by atoms with Gasteiger partial charge >= 0.3 is 0 Å². The summed E-state index contributed by atoms with van der Waals surface area (Å²) < 4.78 is 0. The van der Waals surface area contributed by atoms with E-state index in [2.05, 4.69) is 88.4 Å². The second-order valence-electron chi connectivity index (χ2n) is 17.0. The van der Waals surface area contributed by atoms with Gasteiger partial charge in [-0.25, -0.2) is 5.06 Å². The minimum absolute atomic E-state index is 0. The average Bonchev–Trinajstić information content (AvgIpc) is 3.21. The highest BCUT2D eigenvalue weighted by Gasteiger charge is 2.10. The predicted octanol–water partition coefficient (Wildman–Crippen LogP) is 18.5. The van der Waals surface area contributed by atoms with Gasteiger partial charge in [0.25, 0.3) is 0 Å². The first kappa shape index (κ1) is 64.0. The maximum atomic E-state index is 11.5. The van der Waals surface area contributed by atoms with Crippen molar-refractivity contribution in [3.63, 3.8) is 0 Å². The molecule has 0 aliphatic carbocycles. The van der Waals surface area contributed by atoms with E-state index in [9.17, 15) is 4.79 Å². The van der Waals surface area contributed by atoms with Crippen molar-refractivity contribution >= 4 is 5.91 Å². The highest BCUT2D eigenvalue weighted by Crippen LogP contribution is 2.18. The van der Waals surface area contributed by atoms with Gasteiger partial charge in [0, 0.05) is 19.5 Å². The standard InChI is InChI=1S/C31H61N.C22H41NO2.2CH4/c1-5-7-9-11-13-14-15-16-17-18-19-20-21-22-24-26-28-30-31(32(3)4)29-27-25-23-12-10-8-6-2;1-4-5-6-7-8-9-10-11-12-13-14-15-16-17-18-19-20-21-22(24)23(2)25-3;;/h13-14,16-17,31H,5-12,15,18-30H2,1-4H3;8-9,11-12H,4-7,10,13-21H2,1-3H3;2*1H4/b14-13-,17-16-;9-8-,12-11-;;. The molecule has 0 rings (SSSR count). The van der Waals surface area contributed by atoms with Crippen molar-refractivity contribution in [2.24, 2.45) is 0 Å². The van der Waals surface area contributed by atoms with E-state index in [1.165, 1.54) is 211 Å². The molecule has 4 nitrogen and oxygen atoms in total. The van der Waals surface area contributed by atoms with E-state index >= 15 is 0 Å². The third-order valence-corrected chi connectivity index (χ3v) is 11.3. The molecule has 0 heterocycles. The van der Waals surface area contributed by atoms with Crippen molar-refractivity contribution in [1.82, 2.24) is 9.96 Å². The molecule has 59 heavy (non-hydrogen) atoms. The number of rotatable bonds is 42. The minimum Gasteiger partial charge on any atom is -0.306 e. The molecule has 0 fully saturated rings. The lowest BCUT2D eigenvalue weighted by Crippen LogP contribution is -2.27. The van der Waals surface area contributed by atoms with E-state index in [0.29, 0.717) is 6.42 Å². The lowest BCUT2D eigenvalue weighted by molar-refractivity contribution is -0.168. The van der Waals surface area contributed by atoms with E-state index in [0.717, 1.165) is 31.7 Å². The van der Waals surface area contributed by atoms with Crippen molar-refractivity contribution < 1.29 is 9.63 Å². The van der Waals surface area contributed by atoms with Crippen LogP contribution in [0.1, 0.15) is 267 Å². The Kier molecular flexibility index (Phi) is 61.1. The predicted molar refractivity (Wildman–Crippen MR) is 271 cm³/mol. The van der Waals surface area contributed by atoms with Crippen molar-refractivity contribution in [2.45, 2.75) is 273 Å². The summed E-state index contributed by atoms with van der Waals surface area (Å²) in [4.78, 5) is 18.9. The van der Waals surface area contributed by atoms with E-state index in [1.54, 1.807) is 7.05 Å². The second-order valence-corrected chi connectivity index (χ2v) is 17.0. The van der Waals surface area contributed by atoms with Gasteiger partial charge in [-0.3, -0.25) is 9.63 Å². The van der Waals surface area contributed by atoms with Crippen LogP contribution in [0.15, 0.2) is 48.6 Å². The molecule has 0 saturated carbocycles. The van der Waals surface area contributed by atoms with E-state index < -0.39 is 0 Å². The maximum Gasteiger partial charge on any atom is 0.245 e. The number of hydrogen-bond donors (Lipinski definition) is 0. The number of amides is 1. The summed E-state index contributed by atoms with van der Waals surface area (Å²) in [5.41, 5.74) is 0. The van der Waals surface area contributed by atoms with Crippen molar-refractivity contribution in [3.05, 3.63) is 48.6 Å². The Balaban J connectivity index is -0.000000510. The van der Waals surface area contributed by atoms with Gasteiger partial charge < -0.3 is 4.90 Å². The van der Waals surface area contributed by atoms with Gasteiger partial charge in [-0.1, -0.05) is 225 Å². The third-order valence-electron chi connectivity index (χ3n) is 11.3. The molecule has 0 aliphatic rings. The molecule has 0 saturated heterocycles. The lowest BCUT2D eigenvalue weighted by Gasteiger charge is -2.24. The van der Waals surface area contributed by atoms with E-state index in [4.69, 9.17) is 4.84 Å². The molecule has 1 amide bonds. The summed E-state index contributed by atoms with van der Waals surface area (Å²) in [5.74, 6) is 0.0742. The van der Waals surface area contributed by atoms with Crippen LogP contribution in [0.4, 0.5) is 0 Å². The Morgan fingerprint density at radius 1 is 0.424 bits per heavy atom. The molecular formula is C55H110N2O2. The van der Waals surface area contributed by atoms with Crippen molar-refractivity contribution in [1.29, 1.82) is 0 Å². The smallest absolute Gasteiger partial charge is 0.245 e. The first-order valence-electron chi connectivity index (χ1n) is 25.0. The molecule has 0 spiro atoms. The molecule has 1 unspecified atom stereocenters. The van der Waals surface area contributed by atoms with Crippen LogP contribution >= 0.6 is 0 Å². The second kappa shape index (κ2) is 56.4.